The largest absolute Gasteiger partial charge is 0.508 e. The summed E-state index contributed by atoms with van der Waals surface area (Å²) >= 11 is 0. The molecular formula is C21H36F2N2O9. The third kappa shape index (κ3) is 8.29. The molecule has 11 nitrogen and oxygen atoms in total. The lowest BCUT2D eigenvalue weighted by molar-refractivity contribution is -0.277. The van der Waals surface area contributed by atoms with Gasteiger partial charge in [0, 0.05) is 6.92 Å². The Bertz CT molecular complexity index is 672. The minimum atomic E-state index is -3.70. The van der Waals surface area contributed by atoms with Crippen molar-refractivity contribution in [3.63, 3.8) is 0 Å². The van der Waals surface area contributed by atoms with Crippen molar-refractivity contribution in [1.82, 2.24) is 5.32 Å². The first-order valence-electron chi connectivity index (χ1n) is 11.3. The molecule has 1 amide bonds. The smallest absolute Gasteiger partial charge is 0.465 e. The lowest BCUT2D eigenvalue weighted by Crippen LogP contribution is -2.73. The van der Waals surface area contributed by atoms with Gasteiger partial charge in [0.05, 0.1) is 25.8 Å². The molecule has 0 aliphatic carbocycles. The third-order valence-corrected chi connectivity index (χ3v) is 5.42. The number of amides is 1. The van der Waals surface area contributed by atoms with E-state index in [1.54, 1.807) is 0 Å². The molecule has 0 aromatic rings. The van der Waals surface area contributed by atoms with Crippen LogP contribution in [0.25, 0.3) is 0 Å². The Kier molecular flexibility index (Phi) is 12.6. The number of unbranched alkanes of at least 4 members (excludes halogenated alkanes) is 5. The number of carbonyl (C=O) groups excluding carboxylic acids is 3. The molecule has 7 atom stereocenters. The normalized spacial score (nSPS) is 28.5. The second kappa shape index (κ2) is 14.3. The summed E-state index contributed by atoms with van der Waals surface area (Å²) in [6.45, 7) is 2.47. The van der Waals surface area contributed by atoms with E-state index in [1.807, 2.05) is 0 Å². The molecule has 0 aromatic carbocycles. The van der Waals surface area contributed by atoms with Crippen LogP contribution >= 0.6 is 0 Å². The quantitative estimate of drug-likeness (QED) is 0.209. The van der Waals surface area contributed by atoms with Crippen molar-refractivity contribution in [1.29, 1.82) is 0 Å². The van der Waals surface area contributed by atoms with E-state index in [-0.39, 0.29) is 6.61 Å². The first-order valence-corrected chi connectivity index (χ1v) is 11.3. The molecule has 34 heavy (non-hydrogen) atoms. The second-order valence-electron chi connectivity index (χ2n) is 8.16. The van der Waals surface area contributed by atoms with Gasteiger partial charge in [-0.25, -0.2) is 14.0 Å². The van der Waals surface area contributed by atoms with Crippen molar-refractivity contribution >= 4 is 18.0 Å². The number of aliphatic hydroxyl groups excluding tert-OH is 2. The molecule has 0 radical (unpaired) electrons. The van der Waals surface area contributed by atoms with Gasteiger partial charge in [0.2, 0.25) is 5.91 Å². The number of carbonyl (C=O) groups is 3. The maximum atomic E-state index is 15.0. The standard InChI is InChI=1S/C21H36F2N2O9/c1-4-5-6-7-8-9-10-32-20(30)33-11-13(27)16(28)17-15(25-12(2)26)14(24)18(22)21(23,34-17)19(29)31-3/h13-18,27-28H,4-11,24H2,1-3H3,(H,25,26)/t13-,14-,15-,16-,17-,18-,21-/m1/s1. The van der Waals surface area contributed by atoms with E-state index in [9.17, 15) is 29.0 Å². The maximum Gasteiger partial charge on any atom is 0.508 e. The van der Waals surface area contributed by atoms with Crippen molar-refractivity contribution < 1.29 is 52.3 Å². The number of aliphatic hydroxyl groups is 2. The maximum absolute atomic E-state index is 15.0. The Morgan fingerprint density at radius 1 is 1.15 bits per heavy atom. The van der Waals surface area contributed by atoms with Crippen LogP contribution in [0.4, 0.5) is 13.6 Å². The highest BCUT2D eigenvalue weighted by Crippen LogP contribution is 2.35. The van der Waals surface area contributed by atoms with Crippen LogP contribution in [0.2, 0.25) is 0 Å². The average Bonchev–Trinajstić information content (AvgIpc) is 2.80. The molecule has 1 fully saturated rings. The number of hydrogen-bond donors (Lipinski definition) is 4. The van der Waals surface area contributed by atoms with Crippen LogP contribution in [-0.4, -0.2) is 91.0 Å². The van der Waals surface area contributed by atoms with Crippen molar-refractivity contribution in [3.05, 3.63) is 0 Å². The van der Waals surface area contributed by atoms with Crippen LogP contribution < -0.4 is 11.1 Å². The summed E-state index contributed by atoms with van der Waals surface area (Å²) < 4.78 is 48.3. The summed E-state index contributed by atoms with van der Waals surface area (Å²) in [4.78, 5) is 35.0. The van der Waals surface area contributed by atoms with Crippen LogP contribution in [0, 0.1) is 0 Å². The predicted molar refractivity (Wildman–Crippen MR) is 114 cm³/mol. The van der Waals surface area contributed by atoms with Gasteiger partial charge in [0.15, 0.2) is 6.17 Å². The van der Waals surface area contributed by atoms with E-state index in [0.29, 0.717) is 6.42 Å². The topological polar surface area (TPSA) is 167 Å². The minimum Gasteiger partial charge on any atom is -0.465 e. The van der Waals surface area contributed by atoms with Crippen molar-refractivity contribution in [2.75, 3.05) is 20.3 Å². The van der Waals surface area contributed by atoms with Gasteiger partial charge in [-0.1, -0.05) is 39.0 Å². The Labute approximate surface area is 197 Å². The molecule has 1 aliphatic heterocycles. The summed E-state index contributed by atoms with van der Waals surface area (Å²) in [6, 6.07) is -3.39. The van der Waals surface area contributed by atoms with E-state index >= 15 is 4.39 Å². The lowest BCUT2D eigenvalue weighted by atomic mass is 9.86. The zero-order valence-corrected chi connectivity index (χ0v) is 19.7. The summed E-state index contributed by atoms with van der Waals surface area (Å²) in [6.07, 6.45) is -3.83. The zero-order valence-electron chi connectivity index (χ0n) is 19.7. The Morgan fingerprint density at radius 3 is 2.35 bits per heavy atom. The fourth-order valence-corrected chi connectivity index (χ4v) is 3.53. The lowest BCUT2D eigenvalue weighted by Gasteiger charge is -2.46. The highest BCUT2D eigenvalue weighted by Gasteiger charge is 2.62. The van der Waals surface area contributed by atoms with Crippen LogP contribution in [0.5, 0.6) is 0 Å². The van der Waals surface area contributed by atoms with E-state index < -0.39 is 67.1 Å². The van der Waals surface area contributed by atoms with Crippen LogP contribution in [-0.2, 0) is 28.5 Å². The number of halogens is 2. The zero-order chi connectivity index (χ0) is 25.9. The van der Waals surface area contributed by atoms with Gasteiger partial charge in [0.1, 0.15) is 24.9 Å². The molecule has 13 heteroatoms. The highest BCUT2D eigenvalue weighted by atomic mass is 19.2. The minimum absolute atomic E-state index is 0.107. The number of esters is 1. The highest BCUT2D eigenvalue weighted by molar-refractivity contribution is 5.79. The van der Waals surface area contributed by atoms with E-state index in [1.165, 1.54) is 0 Å². The number of nitrogens with one attached hydrogen (secondary N) is 1. The molecular weight excluding hydrogens is 462 g/mol. The second-order valence-corrected chi connectivity index (χ2v) is 8.16. The first-order chi connectivity index (χ1) is 16.0. The SMILES string of the molecule is CCCCCCCCOC(=O)OC[C@@H](O)[C@@H](O)[C@@H]1O[C@@](F)(C(=O)OC)[C@H](F)[C@H](N)[C@H]1NC(C)=O. The Hall–Kier alpha value is -2.09. The molecule has 1 aliphatic rings. The number of ether oxygens (including phenoxy) is 4. The van der Waals surface area contributed by atoms with Gasteiger partial charge in [0.25, 0.3) is 0 Å². The van der Waals surface area contributed by atoms with Gasteiger partial charge >= 0.3 is 18.0 Å². The number of rotatable bonds is 13. The summed E-state index contributed by atoms with van der Waals surface area (Å²) in [5.74, 6) is -6.18. The van der Waals surface area contributed by atoms with Crippen molar-refractivity contribution in [2.24, 2.45) is 5.73 Å². The molecule has 0 saturated carbocycles. The van der Waals surface area contributed by atoms with Gasteiger partial charge in [-0.05, 0) is 6.42 Å². The molecule has 0 aromatic heterocycles. The third-order valence-electron chi connectivity index (χ3n) is 5.42. The fourth-order valence-electron chi connectivity index (χ4n) is 3.53. The molecule has 0 spiro atoms. The number of nitrogens with two attached hydrogens (primary N) is 1. The summed E-state index contributed by atoms with van der Waals surface area (Å²) in [5.41, 5.74) is 5.68. The van der Waals surface area contributed by atoms with Gasteiger partial charge in [-0.15, -0.1) is 0 Å². The Morgan fingerprint density at radius 2 is 1.76 bits per heavy atom. The predicted octanol–water partition coefficient (Wildman–Crippen LogP) is 0.630. The van der Waals surface area contributed by atoms with E-state index in [0.717, 1.165) is 46.1 Å². The molecule has 1 saturated heterocycles. The molecule has 1 rings (SSSR count). The van der Waals surface area contributed by atoms with Crippen LogP contribution in [0.3, 0.4) is 0 Å². The van der Waals surface area contributed by atoms with E-state index in [2.05, 4.69) is 17.0 Å². The van der Waals surface area contributed by atoms with E-state index in [4.69, 9.17) is 19.9 Å². The van der Waals surface area contributed by atoms with Gasteiger partial charge in [-0.2, -0.15) is 4.39 Å². The number of hydrogen-bond acceptors (Lipinski definition) is 10. The van der Waals surface area contributed by atoms with Gasteiger partial charge in [-0.3, -0.25) is 4.79 Å². The average molecular weight is 499 g/mol. The Balaban J connectivity index is 2.71. The molecule has 1 heterocycles. The summed E-state index contributed by atoms with van der Waals surface area (Å²) in [7, 11) is 0.788. The van der Waals surface area contributed by atoms with Crippen LogP contribution in [0.15, 0.2) is 0 Å². The van der Waals surface area contributed by atoms with Gasteiger partial charge < -0.3 is 40.2 Å². The monoisotopic (exact) mass is 498 g/mol. The number of alkyl halides is 2. The molecule has 5 N–H and O–H groups in total. The fraction of sp³-hybridized carbons (Fsp3) is 0.857. The van der Waals surface area contributed by atoms with Crippen molar-refractivity contribution in [2.45, 2.75) is 94.8 Å². The van der Waals surface area contributed by atoms with Crippen molar-refractivity contribution in [3.8, 4) is 0 Å². The number of methoxy groups -OCH3 is 1. The van der Waals surface area contributed by atoms with Crippen LogP contribution in [0.1, 0.15) is 52.4 Å². The molecule has 198 valence electrons. The first kappa shape index (κ1) is 29.9. The molecule has 0 unspecified atom stereocenters. The summed E-state index contributed by atoms with van der Waals surface area (Å²) in [5, 5.41) is 22.9. The molecule has 0 bridgehead atoms.